The first-order valence-electron chi connectivity index (χ1n) is 4.88. The van der Waals surface area contributed by atoms with Crippen molar-refractivity contribution >= 4 is 17.4 Å². The Morgan fingerprint density at radius 1 is 1.41 bits per heavy atom. The molecule has 1 unspecified atom stereocenters. The van der Waals surface area contributed by atoms with Crippen LogP contribution in [-0.4, -0.2) is 38.7 Å². The number of thioether (sulfide) groups is 1. The summed E-state index contributed by atoms with van der Waals surface area (Å²) < 4.78 is 0. The van der Waals surface area contributed by atoms with Gasteiger partial charge in [-0.25, -0.2) is 0 Å². The molecule has 0 aliphatic heterocycles. The van der Waals surface area contributed by atoms with Crippen molar-refractivity contribution < 1.29 is 20.2 Å². The highest BCUT2D eigenvalue weighted by molar-refractivity contribution is 7.99. The second-order valence-corrected chi connectivity index (χ2v) is 4.42. The molecule has 0 spiro atoms. The number of aliphatic hydroxyl groups is 3. The van der Waals surface area contributed by atoms with Crippen molar-refractivity contribution in [1.82, 2.24) is 0 Å². The topological polar surface area (TPSA) is 104 Å². The Kier molecular flexibility index (Phi) is 5.36. The van der Waals surface area contributed by atoms with Gasteiger partial charge in [-0.3, -0.25) is 10.1 Å². The van der Waals surface area contributed by atoms with Crippen LogP contribution in [0.25, 0.3) is 0 Å². The van der Waals surface area contributed by atoms with Gasteiger partial charge in [0.15, 0.2) is 0 Å². The molecular weight excluding hydrogens is 246 g/mol. The summed E-state index contributed by atoms with van der Waals surface area (Å²) in [7, 11) is 0. The van der Waals surface area contributed by atoms with E-state index in [1.807, 2.05) is 0 Å². The molecule has 0 bridgehead atoms. The molecule has 3 N–H and O–H groups in total. The van der Waals surface area contributed by atoms with Gasteiger partial charge < -0.3 is 15.3 Å². The summed E-state index contributed by atoms with van der Waals surface area (Å²) in [5.74, 6) is 0.265. The lowest BCUT2D eigenvalue weighted by Gasteiger charge is -2.09. The number of non-ortho nitro benzene ring substituents is 1. The Bertz CT molecular complexity index is 398. The average molecular weight is 259 g/mol. The third kappa shape index (κ3) is 3.97. The lowest BCUT2D eigenvalue weighted by atomic mass is 10.2. The number of nitro groups is 1. The van der Waals surface area contributed by atoms with Gasteiger partial charge in [-0.2, -0.15) is 0 Å². The molecule has 0 heterocycles. The van der Waals surface area contributed by atoms with Crippen LogP contribution < -0.4 is 0 Å². The first-order valence-corrected chi connectivity index (χ1v) is 5.87. The van der Waals surface area contributed by atoms with Crippen molar-refractivity contribution in [2.75, 3.05) is 12.4 Å². The van der Waals surface area contributed by atoms with Gasteiger partial charge >= 0.3 is 0 Å². The third-order valence-electron chi connectivity index (χ3n) is 2.07. The van der Waals surface area contributed by atoms with E-state index >= 15 is 0 Å². The van der Waals surface area contributed by atoms with Crippen molar-refractivity contribution in [3.8, 4) is 0 Å². The minimum absolute atomic E-state index is 0.0823. The molecule has 0 aromatic heterocycles. The Balaban J connectivity index is 2.82. The summed E-state index contributed by atoms with van der Waals surface area (Å²) in [5.41, 5.74) is 0.357. The molecule has 0 aliphatic carbocycles. The maximum atomic E-state index is 10.5. The summed E-state index contributed by atoms with van der Waals surface area (Å²) in [6.07, 6.45) is -0.846. The van der Waals surface area contributed by atoms with E-state index in [1.54, 1.807) is 0 Å². The first kappa shape index (κ1) is 13.9. The molecule has 1 aromatic rings. The number of hydrogen-bond acceptors (Lipinski definition) is 6. The molecule has 1 rings (SSSR count). The van der Waals surface area contributed by atoms with Gasteiger partial charge in [-0.05, 0) is 11.6 Å². The van der Waals surface area contributed by atoms with Gasteiger partial charge in [-0.1, -0.05) is 0 Å². The fraction of sp³-hybridized carbons (Fsp3) is 0.400. The van der Waals surface area contributed by atoms with E-state index in [1.165, 1.54) is 30.0 Å². The molecule has 0 amide bonds. The molecular formula is C10H13NO5S. The van der Waals surface area contributed by atoms with E-state index in [2.05, 4.69) is 0 Å². The molecule has 94 valence electrons. The lowest BCUT2D eigenvalue weighted by molar-refractivity contribution is -0.385. The SMILES string of the molecule is O=[N+]([O-])c1ccc(SCC(O)CO)c(CO)c1. The minimum Gasteiger partial charge on any atom is -0.394 e. The van der Waals surface area contributed by atoms with Crippen LogP contribution in [0.3, 0.4) is 0 Å². The summed E-state index contributed by atoms with van der Waals surface area (Å²) in [4.78, 5) is 10.7. The summed E-state index contributed by atoms with van der Waals surface area (Å²) >= 11 is 1.23. The zero-order chi connectivity index (χ0) is 12.8. The monoisotopic (exact) mass is 259 g/mol. The van der Waals surface area contributed by atoms with Crippen molar-refractivity contribution in [2.45, 2.75) is 17.6 Å². The molecule has 1 aromatic carbocycles. The van der Waals surface area contributed by atoms with Crippen LogP contribution in [0.1, 0.15) is 5.56 Å². The summed E-state index contributed by atoms with van der Waals surface area (Å²) in [6.45, 7) is -0.645. The Morgan fingerprint density at radius 2 is 2.12 bits per heavy atom. The highest BCUT2D eigenvalue weighted by Crippen LogP contribution is 2.27. The minimum atomic E-state index is -0.846. The maximum Gasteiger partial charge on any atom is 0.269 e. The largest absolute Gasteiger partial charge is 0.394 e. The number of hydrogen-bond donors (Lipinski definition) is 3. The highest BCUT2D eigenvalue weighted by atomic mass is 32.2. The lowest BCUT2D eigenvalue weighted by Crippen LogP contribution is -2.14. The normalized spacial score (nSPS) is 12.4. The molecule has 7 heteroatoms. The van der Waals surface area contributed by atoms with E-state index in [9.17, 15) is 15.2 Å². The number of benzene rings is 1. The standard InChI is InChI=1S/C10H13NO5S/c12-4-7-3-8(11(15)16)1-2-10(7)17-6-9(14)5-13/h1-3,9,12-14H,4-6H2. The van der Waals surface area contributed by atoms with E-state index < -0.39 is 11.0 Å². The highest BCUT2D eigenvalue weighted by Gasteiger charge is 2.12. The van der Waals surface area contributed by atoms with E-state index in [4.69, 9.17) is 10.2 Å². The van der Waals surface area contributed by atoms with Gasteiger partial charge in [0.1, 0.15) is 0 Å². The zero-order valence-corrected chi connectivity index (χ0v) is 9.76. The van der Waals surface area contributed by atoms with Crippen molar-refractivity contribution in [1.29, 1.82) is 0 Å². The maximum absolute atomic E-state index is 10.5. The number of aliphatic hydroxyl groups excluding tert-OH is 3. The summed E-state index contributed by atoms with van der Waals surface area (Å²) in [5, 5.41) is 37.5. The Labute approximate surface area is 102 Å². The van der Waals surface area contributed by atoms with Gasteiger partial charge in [0, 0.05) is 22.8 Å². The fourth-order valence-electron chi connectivity index (χ4n) is 1.18. The molecule has 6 nitrogen and oxygen atoms in total. The summed E-state index contributed by atoms with van der Waals surface area (Å²) in [6, 6.07) is 4.17. The van der Waals surface area contributed by atoms with Crippen molar-refractivity contribution in [3.05, 3.63) is 33.9 Å². The second kappa shape index (κ2) is 6.55. The Hall–Kier alpha value is -1.15. The smallest absolute Gasteiger partial charge is 0.269 e. The van der Waals surface area contributed by atoms with Crippen LogP contribution in [0.5, 0.6) is 0 Å². The predicted molar refractivity (Wildman–Crippen MR) is 62.8 cm³/mol. The molecule has 0 fully saturated rings. The predicted octanol–water partition coefficient (Wildman–Crippen LogP) is 0.532. The second-order valence-electron chi connectivity index (χ2n) is 3.35. The molecule has 0 saturated carbocycles. The van der Waals surface area contributed by atoms with Crippen LogP contribution in [0.4, 0.5) is 5.69 Å². The van der Waals surface area contributed by atoms with Crippen molar-refractivity contribution in [2.24, 2.45) is 0 Å². The van der Waals surface area contributed by atoms with Crippen LogP contribution in [-0.2, 0) is 6.61 Å². The molecule has 0 saturated heterocycles. The Morgan fingerprint density at radius 3 is 2.65 bits per heavy atom. The third-order valence-corrected chi connectivity index (χ3v) is 3.33. The van der Waals surface area contributed by atoms with E-state index in [0.29, 0.717) is 10.5 Å². The molecule has 17 heavy (non-hydrogen) atoms. The van der Waals surface area contributed by atoms with Crippen LogP contribution in [0.15, 0.2) is 23.1 Å². The van der Waals surface area contributed by atoms with Gasteiger partial charge in [0.25, 0.3) is 5.69 Å². The van der Waals surface area contributed by atoms with Gasteiger partial charge in [0.2, 0.25) is 0 Å². The van der Waals surface area contributed by atoms with Crippen LogP contribution in [0, 0.1) is 10.1 Å². The first-order chi connectivity index (χ1) is 8.08. The molecule has 0 radical (unpaired) electrons. The number of nitro benzene ring substituents is 1. The van der Waals surface area contributed by atoms with Crippen LogP contribution in [0.2, 0.25) is 0 Å². The van der Waals surface area contributed by atoms with E-state index in [-0.39, 0.29) is 24.7 Å². The van der Waals surface area contributed by atoms with Gasteiger partial charge in [0.05, 0.1) is 24.2 Å². The van der Waals surface area contributed by atoms with E-state index in [0.717, 1.165) is 0 Å². The van der Waals surface area contributed by atoms with Gasteiger partial charge in [-0.15, -0.1) is 11.8 Å². The fourth-order valence-corrected chi connectivity index (χ4v) is 2.13. The molecule has 1 atom stereocenters. The average Bonchev–Trinajstić information content (AvgIpc) is 2.35. The van der Waals surface area contributed by atoms with Crippen LogP contribution >= 0.6 is 11.8 Å². The number of nitrogens with zero attached hydrogens (tertiary/aromatic N) is 1. The number of rotatable bonds is 6. The zero-order valence-electron chi connectivity index (χ0n) is 8.94. The quantitative estimate of drug-likeness (QED) is 0.391. The molecule has 0 aliphatic rings. The van der Waals surface area contributed by atoms with Crippen molar-refractivity contribution in [3.63, 3.8) is 0 Å².